The number of likely N-dealkylation sites (tertiary alicyclic amines) is 1. The monoisotopic (exact) mass is 569 g/mol. The zero-order valence-corrected chi connectivity index (χ0v) is 22.7. The average molecular weight is 570 g/mol. The Bertz CT molecular complexity index is 1330. The third kappa shape index (κ3) is 6.08. The smallest absolute Gasteiger partial charge is 0.335 e. The van der Waals surface area contributed by atoms with Crippen LogP contribution in [0.25, 0.3) is 0 Å². The molecular weight excluding hydrogens is 536 g/mol. The largest absolute Gasteiger partial charge is 0.478 e. The number of hydrogen-bond acceptors (Lipinski definition) is 6. The van der Waals surface area contributed by atoms with Crippen LogP contribution in [0.1, 0.15) is 55.3 Å². The molecule has 1 saturated carbocycles. The minimum atomic E-state index is -1.50. The van der Waals surface area contributed by atoms with E-state index < -0.39 is 35.7 Å². The number of methoxy groups -OCH3 is 1. The Hall–Kier alpha value is -3.90. The van der Waals surface area contributed by atoms with E-state index in [0.29, 0.717) is 24.9 Å². The molecule has 0 radical (unpaired) electrons. The molecule has 4 amide bonds. The van der Waals surface area contributed by atoms with Crippen LogP contribution in [0.2, 0.25) is 0 Å². The van der Waals surface area contributed by atoms with Gasteiger partial charge in [-0.25, -0.2) is 28.1 Å². The Morgan fingerprint density at radius 1 is 1.12 bits per heavy atom. The molecule has 2 fully saturated rings. The van der Waals surface area contributed by atoms with Crippen LogP contribution >= 0.6 is 0 Å². The maximum absolute atomic E-state index is 14.2. The van der Waals surface area contributed by atoms with Crippen molar-refractivity contribution in [2.45, 2.75) is 56.1 Å². The van der Waals surface area contributed by atoms with E-state index in [0.717, 1.165) is 61.0 Å². The number of hydrogen-bond donors (Lipinski definition) is 3. The summed E-state index contributed by atoms with van der Waals surface area (Å²) in [6, 6.07) is 5.68. The number of pyridine rings is 1. The van der Waals surface area contributed by atoms with E-state index in [1.54, 1.807) is 0 Å². The number of benzene rings is 1. The molecule has 1 saturated heterocycles. The maximum Gasteiger partial charge on any atom is 0.335 e. The average Bonchev–Trinajstić information content (AvgIpc) is 3.43. The van der Waals surface area contributed by atoms with Crippen LogP contribution in [0.15, 0.2) is 53.9 Å². The Balaban J connectivity index is 1.29. The molecule has 218 valence electrons. The standard InChI is InChI=1S/C29H33F2N5O5/c1-41-16-24-25(27(37)38)26(18-7-10-21(30)22(31)14-18)36(29(40)34-24)28(39)33-19-11-13-35(15-19)20-8-5-17(6-9-20)23-4-2-3-12-32-23/h2-4,7,10,12,14,17,19-20,26H,5-6,8-9,11,13,15-16H2,1H3,(H,33,39)(H,34,40)(H,37,38)/t17-,19-,20+,26+/m1/s1. The van der Waals surface area contributed by atoms with E-state index in [-0.39, 0.29) is 29.5 Å². The van der Waals surface area contributed by atoms with Crippen molar-refractivity contribution in [1.29, 1.82) is 0 Å². The van der Waals surface area contributed by atoms with Crippen LogP contribution in [0.5, 0.6) is 0 Å². The van der Waals surface area contributed by atoms with Gasteiger partial charge in [0.1, 0.15) is 6.04 Å². The van der Waals surface area contributed by atoms with Gasteiger partial charge in [0.2, 0.25) is 0 Å². The number of nitrogens with one attached hydrogen (secondary N) is 2. The summed E-state index contributed by atoms with van der Waals surface area (Å²) in [7, 11) is 1.32. The number of rotatable bonds is 7. The Kier molecular flexibility index (Phi) is 8.60. The highest BCUT2D eigenvalue weighted by Gasteiger charge is 2.44. The number of imide groups is 1. The SMILES string of the molecule is COCC1=C(C(=O)O)[C@H](c2ccc(F)c(F)c2)N(C(=O)N[C@@H]2CCN([C@H]3CC[C@@H](c4ccccn4)CC3)C2)C(=O)N1. The first kappa shape index (κ1) is 28.6. The highest BCUT2D eigenvalue weighted by atomic mass is 19.2. The summed E-state index contributed by atoms with van der Waals surface area (Å²) in [6.45, 7) is 1.11. The lowest BCUT2D eigenvalue weighted by molar-refractivity contribution is -0.133. The van der Waals surface area contributed by atoms with Gasteiger partial charge in [0.15, 0.2) is 11.6 Å². The van der Waals surface area contributed by atoms with Crippen LogP contribution in [0.3, 0.4) is 0 Å². The van der Waals surface area contributed by atoms with Crippen LogP contribution < -0.4 is 10.6 Å². The molecule has 0 bridgehead atoms. The van der Waals surface area contributed by atoms with Crippen molar-refractivity contribution in [3.63, 3.8) is 0 Å². The number of aliphatic carboxylic acids is 1. The first-order valence-electron chi connectivity index (χ1n) is 13.7. The van der Waals surface area contributed by atoms with Crippen molar-refractivity contribution in [2.75, 3.05) is 26.8 Å². The number of aromatic nitrogens is 1. The summed E-state index contributed by atoms with van der Waals surface area (Å²) in [5, 5.41) is 15.3. The number of halogens is 2. The van der Waals surface area contributed by atoms with Crippen molar-refractivity contribution in [1.82, 2.24) is 25.4 Å². The molecule has 1 aliphatic carbocycles. The molecule has 2 atom stereocenters. The minimum absolute atomic E-state index is 0.0578. The molecule has 12 heteroatoms. The molecule has 5 rings (SSSR count). The van der Waals surface area contributed by atoms with E-state index in [9.17, 15) is 28.3 Å². The minimum Gasteiger partial charge on any atom is -0.478 e. The van der Waals surface area contributed by atoms with E-state index in [2.05, 4.69) is 26.6 Å². The Labute approximate surface area is 236 Å². The molecule has 1 aromatic carbocycles. The number of ether oxygens (including phenoxy) is 1. The van der Waals surface area contributed by atoms with Crippen LogP contribution in [-0.4, -0.2) is 76.8 Å². The first-order valence-corrected chi connectivity index (χ1v) is 13.7. The molecule has 3 N–H and O–H groups in total. The molecule has 2 aromatic rings. The van der Waals surface area contributed by atoms with E-state index in [1.807, 2.05) is 18.3 Å². The lowest BCUT2D eigenvalue weighted by Crippen LogP contribution is -2.56. The topological polar surface area (TPSA) is 124 Å². The third-order valence-corrected chi connectivity index (χ3v) is 8.20. The maximum atomic E-state index is 14.2. The van der Waals surface area contributed by atoms with Crippen molar-refractivity contribution in [3.05, 3.63) is 76.8 Å². The Morgan fingerprint density at radius 2 is 1.90 bits per heavy atom. The van der Waals surface area contributed by atoms with Crippen molar-refractivity contribution in [3.8, 4) is 0 Å². The van der Waals surface area contributed by atoms with Crippen molar-refractivity contribution in [2.24, 2.45) is 0 Å². The third-order valence-electron chi connectivity index (χ3n) is 8.20. The van der Waals surface area contributed by atoms with Gasteiger partial charge >= 0.3 is 18.0 Å². The second-order valence-corrected chi connectivity index (χ2v) is 10.7. The number of nitrogens with zero attached hydrogens (tertiary/aromatic N) is 3. The van der Waals surface area contributed by atoms with Gasteiger partial charge < -0.3 is 20.5 Å². The van der Waals surface area contributed by atoms with Crippen molar-refractivity contribution >= 4 is 18.0 Å². The quantitative estimate of drug-likeness (QED) is 0.462. The van der Waals surface area contributed by atoms with Crippen LogP contribution in [-0.2, 0) is 9.53 Å². The van der Waals surface area contributed by atoms with Gasteiger partial charge in [-0.2, -0.15) is 0 Å². The zero-order chi connectivity index (χ0) is 29.1. The molecule has 3 aliphatic rings. The molecule has 0 spiro atoms. The van der Waals surface area contributed by atoms with Gasteiger partial charge in [-0.1, -0.05) is 12.1 Å². The van der Waals surface area contributed by atoms with Crippen LogP contribution in [0, 0.1) is 11.6 Å². The van der Waals surface area contributed by atoms with E-state index in [4.69, 9.17) is 4.74 Å². The number of amides is 4. The zero-order valence-electron chi connectivity index (χ0n) is 22.7. The molecule has 0 unspecified atom stereocenters. The number of carboxylic acid groups (broad SMARTS) is 1. The molecule has 3 heterocycles. The fraction of sp³-hybridized carbons (Fsp3) is 0.448. The summed E-state index contributed by atoms with van der Waals surface area (Å²) in [4.78, 5) is 46.6. The number of urea groups is 2. The predicted octanol–water partition coefficient (Wildman–Crippen LogP) is 3.92. The van der Waals surface area contributed by atoms with Gasteiger partial charge in [-0.15, -0.1) is 0 Å². The summed E-state index contributed by atoms with van der Waals surface area (Å²) in [5.41, 5.74) is 0.622. The lowest BCUT2D eigenvalue weighted by atomic mass is 9.83. The van der Waals surface area contributed by atoms with Gasteiger partial charge in [-0.3, -0.25) is 9.88 Å². The van der Waals surface area contributed by atoms with Crippen molar-refractivity contribution < 1.29 is 33.0 Å². The highest BCUT2D eigenvalue weighted by molar-refractivity contribution is 6.01. The summed E-state index contributed by atoms with van der Waals surface area (Å²) in [6.07, 6.45) is 6.59. The molecular formula is C29H33F2N5O5. The summed E-state index contributed by atoms with van der Waals surface area (Å²) in [5.74, 6) is -3.35. The van der Waals surface area contributed by atoms with E-state index in [1.165, 1.54) is 7.11 Å². The molecule has 2 aliphatic heterocycles. The van der Waals surface area contributed by atoms with E-state index >= 15 is 0 Å². The van der Waals surface area contributed by atoms with Gasteiger partial charge in [0.25, 0.3) is 0 Å². The molecule has 10 nitrogen and oxygen atoms in total. The second-order valence-electron chi connectivity index (χ2n) is 10.7. The number of carbonyl (C=O) groups is 3. The first-order chi connectivity index (χ1) is 19.8. The predicted molar refractivity (Wildman–Crippen MR) is 144 cm³/mol. The van der Waals surface area contributed by atoms with Gasteiger partial charge in [0.05, 0.1) is 17.9 Å². The van der Waals surface area contributed by atoms with Gasteiger partial charge in [-0.05, 0) is 61.9 Å². The molecule has 41 heavy (non-hydrogen) atoms. The summed E-state index contributed by atoms with van der Waals surface area (Å²) < 4.78 is 33.0. The normalized spacial score (nSPS) is 25.2. The number of carbonyl (C=O) groups excluding carboxylic acids is 2. The lowest BCUT2D eigenvalue weighted by Gasteiger charge is -2.37. The van der Waals surface area contributed by atoms with Crippen LogP contribution in [0.4, 0.5) is 18.4 Å². The Morgan fingerprint density at radius 3 is 2.56 bits per heavy atom. The fourth-order valence-corrected chi connectivity index (χ4v) is 6.22. The summed E-state index contributed by atoms with van der Waals surface area (Å²) >= 11 is 0. The highest BCUT2D eigenvalue weighted by Crippen LogP contribution is 2.36. The number of carboxylic acids is 1. The van der Waals surface area contributed by atoms with Gasteiger partial charge in [0, 0.05) is 50.1 Å². The molecule has 1 aromatic heterocycles. The second kappa shape index (κ2) is 12.3. The fourth-order valence-electron chi connectivity index (χ4n) is 6.22.